The van der Waals surface area contributed by atoms with E-state index in [4.69, 9.17) is 4.98 Å². The van der Waals surface area contributed by atoms with E-state index in [1.807, 2.05) is 6.20 Å². The Balaban J connectivity index is 1.61. The summed E-state index contributed by atoms with van der Waals surface area (Å²) in [7, 11) is 0. The molecular formula is C37H25N. The van der Waals surface area contributed by atoms with Crippen molar-refractivity contribution in [2.75, 3.05) is 0 Å². The van der Waals surface area contributed by atoms with Crippen LogP contribution in [0.1, 0.15) is 0 Å². The molecule has 1 nitrogen and oxygen atoms in total. The average Bonchev–Trinajstić information content (AvgIpc) is 3.01. The molecule has 6 aromatic carbocycles. The molecular weight excluding hydrogens is 458 g/mol. The first-order chi connectivity index (χ1) is 18.9. The lowest BCUT2D eigenvalue weighted by Crippen LogP contribution is -1.95. The molecule has 0 aliphatic carbocycles. The van der Waals surface area contributed by atoms with Crippen molar-refractivity contribution in [1.29, 1.82) is 0 Å². The monoisotopic (exact) mass is 483 g/mol. The normalized spacial score (nSPS) is 11.2. The number of nitrogens with zero attached hydrogens (tertiary/aromatic N) is 1. The van der Waals surface area contributed by atoms with Crippen LogP contribution in [0.15, 0.2) is 152 Å². The van der Waals surface area contributed by atoms with Gasteiger partial charge in [0, 0.05) is 17.1 Å². The molecule has 178 valence electrons. The van der Waals surface area contributed by atoms with Crippen LogP contribution in [-0.4, -0.2) is 4.98 Å². The Kier molecular flexibility index (Phi) is 5.53. The van der Waals surface area contributed by atoms with Crippen molar-refractivity contribution in [3.63, 3.8) is 0 Å². The summed E-state index contributed by atoms with van der Waals surface area (Å²) in [5.74, 6) is 0. The third-order valence-electron chi connectivity index (χ3n) is 7.34. The zero-order chi connectivity index (χ0) is 25.3. The average molecular weight is 484 g/mol. The SMILES string of the molecule is c1ccc(-c2ccccc2-c2c3ccccc3c(-c3ccccc3-c3ccccc3)c3ncccc23)cc1. The van der Waals surface area contributed by atoms with Gasteiger partial charge in [-0.15, -0.1) is 0 Å². The van der Waals surface area contributed by atoms with Gasteiger partial charge in [-0.05, 0) is 55.8 Å². The second-order valence-corrected chi connectivity index (χ2v) is 9.52. The minimum Gasteiger partial charge on any atom is -0.256 e. The van der Waals surface area contributed by atoms with Gasteiger partial charge in [0.15, 0.2) is 0 Å². The molecule has 1 heteroatoms. The van der Waals surface area contributed by atoms with Gasteiger partial charge in [0.1, 0.15) is 0 Å². The molecule has 0 atom stereocenters. The van der Waals surface area contributed by atoms with E-state index < -0.39 is 0 Å². The Bertz CT molecular complexity index is 1710. The van der Waals surface area contributed by atoms with Crippen LogP contribution in [0.5, 0.6) is 0 Å². The van der Waals surface area contributed by atoms with E-state index in [1.54, 1.807) is 0 Å². The topological polar surface area (TPSA) is 12.9 Å². The maximum absolute atomic E-state index is 5.03. The predicted octanol–water partition coefficient (Wildman–Crippen LogP) is 10.1. The first-order valence-corrected chi connectivity index (χ1v) is 13.0. The van der Waals surface area contributed by atoms with E-state index in [0.717, 1.165) is 10.9 Å². The van der Waals surface area contributed by atoms with Crippen molar-refractivity contribution in [3.8, 4) is 44.5 Å². The van der Waals surface area contributed by atoms with Crippen molar-refractivity contribution in [2.24, 2.45) is 0 Å². The lowest BCUT2D eigenvalue weighted by Gasteiger charge is -2.20. The Morgan fingerprint density at radius 3 is 1.32 bits per heavy atom. The summed E-state index contributed by atoms with van der Waals surface area (Å²) < 4.78 is 0. The zero-order valence-electron chi connectivity index (χ0n) is 20.9. The molecule has 0 fully saturated rings. The fourth-order valence-electron chi connectivity index (χ4n) is 5.70. The van der Waals surface area contributed by atoms with E-state index in [1.165, 1.54) is 55.3 Å². The molecule has 38 heavy (non-hydrogen) atoms. The van der Waals surface area contributed by atoms with E-state index in [2.05, 4.69) is 146 Å². The van der Waals surface area contributed by atoms with Crippen LogP contribution in [0.25, 0.3) is 66.2 Å². The van der Waals surface area contributed by atoms with Gasteiger partial charge in [-0.2, -0.15) is 0 Å². The summed E-state index contributed by atoms with van der Waals surface area (Å²) >= 11 is 0. The molecule has 0 aliphatic rings. The number of benzene rings is 6. The predicted molar refractivity (Wildman–Crippen MR) is 161 cm³/mol. The molecule has 1 heterocycles. The van der Waals surface area contributed by atoms with Gasteiger partial charge in [-0.1, -0.05) is 140 Å². The van der Waals surface area contributed by atoms with E-state index in [0.29, 0.717) is 0 Å². The Hall–Kier alpha value is -5.01. The number of hydrogen-bond acceptors (Lipinski definition) is 1. The standard InChI is InChI=1S/C37H25N/c1-3-14-26(15-4-1)28-18-7-9-20-30(28)35-32-22-11-12-23-33(32)36(37-34(35)24-13-25-38-37)31-21-10-8-19-29(31)27-16-5-2-6-17-27/h1-25H. The van der Waals surface area contributed by atoms with Gasteiger partial charge < -0.3 is 0 Å². The van der Waals surface area contributed by atoms with Crippen LogP contribution >= 0.6 is 0 Å². The second kappa shape index (κ2) is 9.46. The van der Waals surface area contributed by atoms with Crippen molar-refractivity contribution in [1.82, 2.24) is 4.98 Å². The van der Waals surface area contributed by atoms with E-state index >= 15 is 0 Å². The molecule has 0 radical (unpaired) electrons. The summed E-state index contributed by atoms with van der Waals surface area (Å²) in [6.45, 7) is 0. The molecule has 0 spiro atoms. The summed E-state index contributed by atoms with van der Waals surface area (Å²) in [5.41, 5.74) is 10.7. The van der Waals surface area contributed by atoms with Crippen LogP contribution in [0.2, 0.25) is 0 Å². The summed E-state index contributed by atoms with van der Waals surface area (Å²) in [4.78, 5) is 5.03. The summed E-state index contributed by atoms with van der Waals surface area (Å²) in [6.07, 6.45) is 1.92. The number of aromatic nitrogens is 1. The van der Waals surface area contributed by atoms with Crippen molar-refractivity contribution in [2.45, 2.75) is 0 Å². The summed E-state index contributed by atoms with van der Waals surface area (Å²) in [6, 6.07) is 51.8. The summed E-state index contributed by atoms with van der Waals surface area (Å²) in [5, 5.41) is 3.60. The van der Waals surface area contributed by atoms with Crippen molar-refractivity contribution in [3.05, 3.63) is 152 Å². The van der Waals surface area contributed by atoms with E-state index in [9.17, 15) is 0 Å². The van der Waals surface area contributed by atoms with Crippen molar-refractivity contribution >= 4 is 21.7 Å². The molecule has 0 aliphatic heterocycles. The van der Waals surface area contributed by atoms with Crippen LogP contribution in [-0.2, 0) is 0 Å². The number of pyridine rings is 1. The molecule has 0 unspecified atom stereocenters. The third kappa shape index (κ3) is 3.68. The maximum Gasteiger partial charge on any atom is 0.0793 e. The highest BCUT2D eigenvalue weighted by Crippen LogP contribution is 2.46. The van der Waals surface area contributed by atoms with Gasteiger partial charge in [-0.3, -0.25) is 4.98 Å². The second-order valence-electron chi connectivity index (χ2n) is 9.52. The first-order valence-electron chi connectivity index (χ1n) is 13.0. The van der Waals surface area contributed by atoms with Crippen LogP contribution in [0, 0.1) is 0 Å². The number of fused-ring (bicyclic) bond motifs is 2. The molecule has 0 amide bonds. The highest BCUT2D eigenvalue weighted by atomic mass is 14.7. The molecule has 0 N–H and O–H groups in total. The number of hydrogen-bond donors (Lipinski definition) is 0. The van der Waals surface area contributed by atoms with Crippen LogP contribution in [0.4, 0.5) is 0 Å². The quantitative estimate of drug-likeness (QED) is 0.227. The molecule has 0 bridgehead atoms. The van der Waals surface area contributed by atoms with Gasteiger partial charge in [0.2, 0.25) is 0 Å². The van der Waals surface area contributed by atoms with Crippen LogP contribution in [0.3, 0.4) is 0 Å². The van der Waals surface area contributed by atoms with Gasteiger partial charge in [0.25, 0.3) is 0 Å². The van der Waals surface area contributed by atoms with E-state index in [-0.39, 0.29) is 0 Å². The molecule has 1 aromatic heterocycles. The molecule has 0 saturated heterocycles. The Morgan fingerprint density at radius 2 is 0.737 bits per heavy atom. The Morgan fingerprint density at radius 1 is 0.316 bits per heavy atom. The molecule has 7 rings (SSSR count). The highest BCUT2D eigenvalue weighted by molar-refractivity contribution is 6.22. The van der Waals surface area contributed by atoms with Crippen LogP contribution < -0.4 is 0 Å². The fraction of sp³-hybridized carbons (Fsp3) is 0. The lowest BCUT2D eigenvalue weighted by atomic mass is 9.84. The smallest absolute Gasteiger partial charge is 0.0793 e. The maximum atomic E-state index is 5.03. The largest absolute Gasteiger partial charge is 0.256 e. The molecule has 7 aromatic rings. The third-order valence-corrected chi connectivity index (χ3v) is 7.34. The highest BCUT2D eigenvalue weighted by Gasteiger charge is 2.20. The fourth-order valence-corrected chi connectivity index (χ4v) is 5.70. The zero-order valence-corrected chi connectivity index (χ0v) is 20.9. The molecule has 0 saturated carbocycles. The minimum atomic E-state index is 1.02. The van der Waals surface area contributed by atoms with Gasteiger partial charge in [-0.25, -0.2) is 0 Å². The number of rotatable bonds is 4. The van der Waals surface area contributed by atoms with Crippen molar-refractivity contribution < 1.29 is 0 Å². The minimum absolute atomic E-state index is 1.02. The lowest BCUT2D eigenvalue weighted by molar-refractivity contribution is 1.42. The Labute approximate surface area is 222 Å². The first kappa shape index (κ1) is 22.2. The van der Waals surface area contributed by atoms with Gasteiger partial charge >= 0.3 is 0 Å². The van der Waals surface area contributed by atoms with Gasteiger partial charge in [0.05, 0.1) is 5.52 Å².